The van der Waals surface area contributed by atoms with Crippen molar-refractivity contribution in [3.63, 3.8) is 0 Å². The Balaban J connectivity index is 3.58. The molecule has 0 radical (unpaired) electrons. The third-order valence-corrected chi connectivity index (χ3v) is 0.455. The Morgan fingerprint density at radius 1 is 1.86 bits per heavy atom. The Bertz CT molecular complexity index is 97.9. The van der Waals surface area contributed by atoms with Gasteiger partial charge in [-0.1, -0.05) is 6.58 Å². The summed E-state index contributed by atoms with van der Waals surface area (Å²) in [5, 5.41) is 0. The monoisotopic (exact) mass is 101 g/mol. The molecule has 7 heavy (non-hydrogen) atoms. The fourth-order valence-electron chi connectivity index (χ4n) is 0.101. The number of carbonyl (C=O) groups excluding carboxylic acids is 1. The first-order chi connectivity index (χ1) is 3.18. The Morgan fingerprint density at radius 3 is 2.29 bits per heavy atom. The van der Waals surface area contributed by atoms with Crippen molar-refractivity contribution in [1.82, 2.24) is 0 Å². The molecule has 0 saturated carbocycles. The van der Waals surface area contributed by atoms with Crippen LogP contribution < -0.4 is 5.90 Å². The zero-order chi connectivity index (χ0) is 5.86. The van der Waals surface area contributed by atoms with E-state index < -0.39 is 5.97 Å². The van der Waals surface area contributed by atoms with Gasteiger partial charge in [-0.15, -0.1) is 0 Å². The molecule has 0 saturated heterocycles. The summed E-state index contributed by atoms with van der Waals surface area (Å²) in [6.07, 6.45) is 0. The van der Waals surface area contributed by atoms with Gasteiger partial charge in [-0.3, -0.25) is 0 Å². The molecule has 0 amide bonds. The summed E-state index contributed by atoms with van der Waals surface area (Å²) in [5.74, 6) is 3.89. The van der Waals surface area contributed by atoms with Crippen LogP contribution in [0.4, 0.5) is 0 Å². The van der Waals surface area contributed by atoms with Gasteiger partial charge < -0.3 is 4.84 Å². The SMILES string of the molecule is C=C(C)C(=O)ON. The van der Waals surface area contributed by atoms with Gasteiger partial charge in [-0.25, -0.2) is 4.79 Å². The van der Waals surface area contributed by atoms with Crippen molar-refractivity contribution in [1.29, 1.82) is 0 Å². The van der Waals surface area contributed by atoms with Gasteiger partial charge in [-0.05, 0) is 6.92 Å². The fraction of sp³-hybridized carbons (Fsp3) is 0.250. The van der Waals surface area contributed by atoms with Gasteiger partial charge in [0, 0.05) is 5.57 Å². The van der Waals surface area contributed by atoms with Crippen molar-refractivity contribution in [2.24, 2.45) is 5.90 Å². The van der Waals surface area contributed by atoms with Gasteiger partial charge in [0.15, 0.2) is 0 Å². The third kappa shape index (κ3) is 1.94. The average Bonchev–Trinajstić information content (AvgIpc) is 1.65. The van der Waals surface area contributed by atoms with Gasteiger partial charge in [0.05, 0.1) is 0 Å². The summed E-state index contributed by atoms with van der Waals surface area (Å²) in [4.78, 5) is 13.8. The van der Waals surface area contributed by atoms with E-state index in [1.807, 2.05) is 0 Å². The van der Waals surface area contributed by atoms with Gasteiger partial charge in [0.25, 0.3) is 0 Å². The quantitative estimate of drug-likeness (QED) is 0.373. The molecule has 0 aromatic rings. The van der Waals surface area contributed by atoms with Gasteiger partial charge in [-0.2, -0.15) is 5.90 Å². The first kappa shape index (κ1) is 6.17. The molecule has 3 heteroatoms. The molecule has 0 aliphatic rings. The molecule has 2 N–H and O–H groups in total. The maximum atomic E-state index is 10.1. The summed E-state index contributed by atoms with van der Waals surface area (Å²) in [5.41, 5.74) is 0.308. The second kappa shape index (κ2) is 2.36. The predicted molar refractivity (Wildman–Crippen MR) is 25.1 cm³/mol. The molecule has 0 unspecified atom stereocenters. The van der Waals surface area contributed by atoms with E-state index in [1.54, 1.807) is 0 Å². The van der Waals surface area contributed by atoms with Crippen molar-refractivity contribution < 1.29 is 9.63 Å². The molecule has 40 valence electrons. The van der Waals surface area contributed by atoms with E-state index >= 15 is 0 Å². The maximum absolute atomic E-state index is 10.1. The molecule has 0 bridgehead atoms. The van der Waals surface area contributed by atoms with Crippen LogP contribution in [0.1, 0.15) is 6.92 Å². The van der Waals surface area contributed by atoms with Crippen LogP contribution >= 0.6 is 0 Å². The van der Waals surface area contributed by atoms with E-state index in [0.29, 0.717) is 5.57 Å². The Labute approximate surface area is 41.7 Å². The van der Waals surface area contributed by atoms with Crippen LogP contribution in [0.3, 0.4) is 0 Å². The molecule has 0 heterocycles. The molecule has 0 aromatic carbocycles. The topological polar surface area (TPSA) is 52.3 Å². The lowest BCUT2D eigenvalue weighted by molar-refractivity contribution is -0.139. The van der Waals surface area contributed by atoms with Crippen molar-refractivity contribution in [3.8, 4) is 0 Å². The van der Waals surface area contributed by atoms with Crippen LogP contribution in [0, 0.1) is 0 Å². The van der Waals surface area contributed by atoms with Crippen LogP contribution in [-0.2, 0) is 9.63 Å². The second-order valence-corrected chi connectivity index (χ2v) is 1.19. The minimum absolute atomic E-state index is 0.308. The molecule has 0 spiro atoms. The summed E-state index contributed by atoms with van der Waals surface area (Å²) in [6.45, 7) is 4.79. The summed E-state index contributed by atoms with van der Waals surface area (Å²) in [7, 11) is 0. The number of rotatable bonds is 1. The van der Waals surface area contributed by atoms with Gasteiger partial charge in [0.2, 0.25) is 0 Å². The van der Waals surface area contributed by atoms with E-state index in [2.05, 4.69) is 17.3 Å². The normalized spacial score (nSPS) is 7.71. The molecule has 0 aliphatic carbocycles. The van der Waals surface area contributed by atoms with E-state index in [9.17, 15) is 4.79 Å². The zero-order valence-electron chi connectivity index (χ0n) is 4.10. The molecule has 0 atom stereocenters. The lowest BCUT2D eigenvalue weighted by Gasteiger charge is -1.90. The first-order valence-corrected chi connectivity index (χ1v) is 1.75. The predicted octanol–water partition coefficient (Wildman–Crippen LogP) is -0.0206. The lowest BCUT2D eigenvalue weighted by Crippen LogP contribution is -2.09. The van der Waals surface area contributed by atoms with Crippen LogP contribution in [0.15, 0.2) is 12.2 Å². The number of hydrogen-bond acceptors (Lipinski definition) is 3. The summed E-state index contributed by atoms with van der Waals surface area (Å²) < 4.78 is 0. The molecular formula is C4H7NO2. The molecule has 0 aliphatic heterocycles. The number of hydrogen-bond donors (Lipinski definition) is 1. The Kier molecular flexibility index (Phi) is 2.08. The van der Waals surface area contributed by atoms with E-state index in [4.69, 9.17) is 0 Å². The summed E-state index contributed by atoms with van der Waals surface area (Å²) in [6, 6.07) is 0. The molecule has 0 fully saturated rings. The largest absolute Gasteiger partial charge is 0.370 e. The highest BCUT2D eigenvalue weighted by Crippen LogP contribution is 1.85. The summed E-state index contributed by atoms with van der Waals surface area (Å²) >= 11 is 0. The highest BCUT2D eigenvalue weighted by atomic mass is 16.7. The molecule has 0 aromatic heterocycles. The molecule has 3 nitrogen and oxygen atoms in total. The van der Waals surface area contributed by atoms with Crippen LogP contribution in [0.2, 0.25) is 0 Å². The van der Waals surface area contributed by atoms with Crippen molar-refractivity contribution in [3.05, 3.63) is 12.2 Å². The van der Waals surface area contributed by atoms with Crippen molar-refractivity contribution >= 4 is 5.97 Å². The fourth-order valence-corrected chi connectivity index (χ4v) is 0.101. The Morgan fingerprint density at radius 2 is 2.29 bits per heavy atom. The highest BCUT2D eigenvalue weighted by molar-refractivity contribution is 5.86. The molecule has 0 rings (SSSR count). The van der Waals surface area contributed by atoms with Gasteiger partial charge >= 0.3 is 5.97 Å². The van der Waals surface area contributed by atoms with Crippen molar-refractivity contribution in [2.45, 2.75) is 6.92 Å². The number of carbonyl (C=O) groups is 1. The maximum Gasteiger partial charge on any atom is 0.351 e. The number of nitrogens with two attached hydrogens (primary N) is 1. The molecular weight excluding hydrogens is 94.0 g/mol. The van der Waals surface area contributed by atoms with Crippen LogP contribution in [0.25, 0.3) is 0 Å². The third-order valence-electron chi connectivity index (χ3n) is 0.455. The van der Waals surface area contributed by atoms with Crippen molar-refractivity contribution in [2.75, 3.05) is 0 Å². The van der Waals surface area contributed by atoms with Crippen LogP contribution in [-0.4, -0.2) is 5.97 Å². The minimum atomic E-state index is -0.569. The first-order valence-electron chi connectivity index (χ1n) is 1.75. The van der Waals surface area contributed by atoms with E-state index in [1.165, 1.54) is 6.92 Å². The van der Waals surface area contributed by atoms with E-state index in [0.717, 1.165) is 0 Å². The minimum Gasteiger partial charge on any atom is -0.370 e. The van der Waals surface area contributed by atoms with E-state index in [-0.39, 0.29) is 0 Å². The second-order valence-electron chi connectivity index (χ2n) is 1.19. The zero-order valence-corrected chi connectivity index (χ0v) is 4.10. The van der Waals surface area contributed by atoms with Gasteiger partial charge in [0.1, 0.15) is 0 Å². The average molecular weight is 101 g/mol. The smallest absolute Gasteiger partial charge is 0.351 e. The Hall–Kier alpha value is -0.830. The standard InChI is InChI=1S/C4H7NO2/c1-3(2)4(6)7-5/h1,5H2,2H3. The van der Waals surface area contributed by atoms with Crippen LogP contribution in [0.5, 0.6) is 0 Å². The lowest BCUT2D eigenvalue weighted by atomic mass is 10.4. The highest BCUT2D eigenvalue weighted by Gasteiger charge is 1.96.